The van der Waals surface area contributed by atoms with Gasteiger partial charge in [-0.2, -0.15) is 0 Å². The summed E-state index contributed by atoms with van der Waals surface area (Å²) in [5.41, 5.74) is 2.40. The fraction of sp³-hybridized carbons (Fsp3) is 0.684. The van der Waals surface area contributed by atoms with Gasteiger partial charge < -0.3 is 9.55 Å². The molecule has 0 amide bonds. The van der Waals surface area contributed by atoms with E-state index in [4.69, 9.17) is 0 Å². The molecule has 1 N–H and O–H groups in total. The van der Waals surface area contributed by atoms with Gasteiger partial charge in [-0.3, -0.25) is 9.80 Å². The second kappa shape index (κ2) is 7.30. The number of hydrogen-bond acceptors (Lipinski definition) is 4. The Labute approximate surface area is 150 Å². The quantitative estimate of drug-likeness (QED) is 0.876. The third kappa shape index (κ3) is 3.65. The predicted molar refractivity (Wildman–Crippen MR) is 98.0 cm³/mol. The lowest BCUT2D eigenvalue weighted by Gasteiger charge is -2.36. The highest BCUT2D eigenvalue weighted by Gasteiger charge is 2.35. The first-order valence-electron chi connectivity index (χ1n) is 9.68. The van der Waals surface area contributed by atoms with Crippen LogP contribution >= 0.6 is 0 Å². The molecule has 3 aliphatic heterocycles. The number of aromatic nitrogens is 4. The van der Waals surface area contributed by atoms with Crippen molar-refractivity contribution in [2.75, 3.05) is 19.6 Å². The number of hydrogen-bond donors (Lipinski definition) is 1. The number of aromatic amines is 1. The number of aryl methyl sites for hydroxylation is 2. The standard InChI is InChI=1S/C19H30N6/c1-3-7-24-8-6-20-19(24)13-25-10-16-4-5-17(25)11-23(9-16)12-18-15(2)21-14-22-18/h6,8,14,16-17H,3-5,7,9-13H2,1-2H3,(H,21,22)/t16-,17+/m1/s1. The van der Waals surface area contributed by atoms with Crippen molar-refractivity contribution in [3.63, 3.8) is 0 Å². The van der Waals surface area contributed by atoms with E-state index < -0.39 is 0 Å². The largest absolute Gasteiger partial charge is 0.348 e. The van der Waals surface area contributed by atoms with Gasteiger partial charge in [0.15, 0.2) is 0 Å². The van der Waals surface area contributed by atoms with E-state index in [0.29, 0.717) is 6.04 Å². The van der Waals surface area contributed by atoms with Crippen LogP contribution in [0.4, 0.5) is 0 Å². The maximum atomic E-state index is 4.63. The van der Waals surface area contributed by atoms with Crippen LogP contribution in [0.5, 0.6) is 0 Å². The lowest BCUT2D eigenvalue weighted by atomic mass is 9.95. The summed E-state index contributed by atoms with van der Waals surface area (Å²) >= 11 is 0. The fourth-order valence-electron chi connectivity index (χ4n) is 4.48. The molecule has 25 heavy (non-hydrogen) atoms. The van der Waals surface area contributed by atoms with Crippen LogP contribution in [0.1, 0.15) is 43.4 Å². The van der Waals surface area contributed by atoms with Gasteiger partial charge in [-0.05, 0) is 32.1 Å². The molecule has 5 rings (SSSR count). The number of fused-ring (bicyclic) bond motifs is 4. The zero-order valence-corrected chi connectivity index (χ0v) is 15.5. The van der Waals surface area contributed by atoms with E-state index in [1.54, 1.807) is 0 Å². The van der Waals surface area contributed by atoms with Crippen LogP contribution in [0.15, 0.2) is 18.7 Å². The van der Waals surface area contributed by atoms with Crippen molar-refractivity contribution in [3.05, 3.63) is 35.9 Å². The SMILES string of the molecule is CCCn1ccnc1CN1C[C@@H]2CC[C@H]1CN(Cc1nc[nH]c1C)C2. The molecule has 0 saturated carbocycles. The molecule has 0 aromatic carbocycles. The molecule has 0 spiro atoms. The minimum Gasteiger partial charge on any atom is -0.348 e. The minimum absolute atomic E-state index is 0.643. The van der Waals surface area contributed by atoms with Crippen LogP contribution in [0, 0.1) is 12.8 Å². The number of piperidine rings is 1. The monoisotopic (exact) mass is 342 g/mol. The van der Waals surface area contributed by atoms with Crippen molar-refractivity contribution in [1.29, 1.82) is 0 Å². The summed E-state index contributed by atoms with van der Waals surface area (Å²) in [5.74, 6) is 2.00. The molecule has 0 aliphatic carbocycles. The maximum Gasteiger partial charge on any atom is 0.122 e. The highest BCUT2D eigenvalue weighted by Crippen LogP contribution is 2.29. The van der Waals surface area contributed by atoms with Gasteiger partial charge in [-0.25, -0.2) is 9.97 Å². The van der Waals surface area contributed by atoms with Gasteiger partial charge in [0.2, 0.25) is 0 Å². The van der Waals surface area contributed by atoms with Crippen LogP contribution in [0.25, 0.3) is 0 Å². The van der Waals surface area contributed by atoms with E-state index in [1.165, 1.54) is 43.1 Å². The molecule has 6 heteroatoms. The van der Waals surface area contributed by atoms with Crippen molar-refractivity contribution in [2.45, 2.75) is 58.8 Å². The summed E-state index contributed by atoms with van der Waals surface area (Å²) in [4.78, 5) is 17.6. The van der Waals surface area contributed by atoms with Crippen LogP contribution in [-0.4, -0.2) is 55.0 Å². The fourth-order valence-corrected chi connectivity index (χ4v) is 4.48. The molecule has 2 bridgehead atoms. The summed E-state index contributed by atoms with van der Waals surface area (Å²) in [7, 11) is 0. The first kappa shape index (κ1) is 16.8. The molecule has 0 unspecified atom stereocenters. The van der Waals surface area contributed by atoms with Crippen LogP contribution in [-0.2, 0) is 19.6 Å². The second-order valence-electron chi connectivity index (χ2n) is 7.73. The Morgan fingerprint density at radius 3 is 2.88 bits per heavy atom. The first-order chi connectivity index (χ1) is 12.2. The smallest absolute Gasteiger partial charge is 0.122 e. The van der Waals surface area contributed by atoms with Crippen molar-refractivity contribution < 1.29 is 0 Å². The number of rotatable bonds is 6. The van der Waals surface area contributed by atoms with Crippen molar-refractivity contribution in [1.82, 2.24) is 29.3 Å². The maximum absolute atomic E-state index is 4.63. The molecule has 2 atom stereocenters. The summed E-state index contributed by atoms with van der Waals surface area (Å²) < 4.78 is 2.32. The molecule has 0 radical (unpaired) electrons. The molecule has 5 heterocycles. The number of H-pyrrole nitrogens is 1. The molecule has 3 saturated heterocycles. The Bertz CT molecular complexity index is 690. The average Bonchev–Trinajstić information content (AvgIpc) is 3.09. The van der Waals surface area contributed by atoms with Gasteiger partial charge in [-0.1, -0.05) is 6.92 Å². The van der Waals surface area contributed by atoms with Gasteiger partial charge in [0.25, 0.3) is 0 Å². The lowest BCUT2D eigenvalue weighted by molar-refractivity contribution is 0.118. The van der Waals surface area contributed by atoms with E-state index in [9.17, 15) is 0 Å². The van der Waals surface area contributed by atoms with Crippen molar-refractivity contribution in [2.24, 2.45) is 5.92 Å². The first-order valence-corrected chi connectivity index (χ1v) is 9.68. The lowest BCUT2D eigenvalue weighted by Crippen LogP contribution is -2.43. The third-order valence-electron chi connectivity index (χ3n) is 5.82. The Balaban J connectivity index is 1.44. The van der Waals surface area contributed by atoms with E-state index in [2.05, 4.69) is 49.4 Å². The van der Waals surface area contributed by atoms with Gasteiger partial charge in [0, 0.05) is 56.9 Å². The van der Waals surface area contributed by atoms with E-state index in [-0.39, 0.29) is 0 Å². The summed E-state index contributed by atoms with van der Waals surface area (Å²) in [6, 6.07) is 0.643. The van der Waals surface area contributed by atoms with Crippen LogP contribution in [0.2, 0.25) is 0 Å². The predicted octanol–water partition coefficient (Wildman–Crippen LogP) is 2.42. The highest BCUT2D eigenvalue weighted by atomic mass is 15.3. The van der Waals surface area contributed by atoms with Gasteiger partial charge in [0.1, 0.15) is 5.82 Å². The normalized spacial score (nSPS) is 24.7. The van der Waals surface area contributed by atoms with Crippen LogP contribution < -0.4 is 0 Å². The Morgan fingerprint density at radius 1 is 1.16 bits per heavy atom. The Morgan fingerprint density at radius 2 is 2.08 bits per heavy atom. The molecule has 136 valence electrons. The Kier molecular flexibility index (Phi) is 4.90. The van der Waals surface area contributed by atoms with Crippen molar-refractivity contribution in [3.8, 4) is 0 Å². The molecule has 3 aliphatic rings. The molecule has 2 aromatic rings. The topological polar surface area (TPSA) is 53.0 Å². The molecule has 2 aromatic heterocycles. The zero-order valence-electron chi connectivity index (χ0n) is 15.5. The Hall–Kier alpha value is -1.66. The number of nitrogens with one attached hydrogen (secondary N) is 1. The zero-order chi connectivity index (χ0) is 17.2. The second-order valence-corrected chi connectivity index (χ2v) is 7.73. The summed E-state index contributed by atoms with van der Waals surface area (Å²) in [5, 5.41) is 0. The van der Waals surface area contributed by atoms with Gasteiger partial charge in [-0.15, -0.1) is 0 Å². The summed E-state index contributed by atoms with van der Waals surface area (Å²) in [6.07, 6.45) is 9.73. The molecule has 3 fully saturated rings. The van der Waals surface area contributed by atoms with Gasteiger partial charge >= 0.3 is 0 Å². The summed E-state index contributed by atoms with van der Waals surface area (Å²) in [6.45, 7) is 10.9. The number of imidazole rings is 2. The van der Waals surface area contributed by atoms with Crippen molar-refractivity contribution >= 4 is 0 Å². The average molecular weight is 342 g/mol. The molecular formula is C19H30N6. The minimum atomic E-state index is 0.643. The third-order valence-corrected chi connectivity index (χ3v) is 5.82. The number of nitrogens with zero attached hydrogens (tertiary/aromatic N) is 5. The van der Waals surface area contributed by atoms with E-state index in [0.717, 1.165) is 38.5 Å². The van der Waals surface area contributed by atoms with Gasteiger partial charge in [0.05, 0.1) is 18.6 Å². The van der Waals surface area contributed by atoms with E-state index in [1.807, 2.05) is 12.5 Å². The highest BCUT2D eigenvalue weighted by molar-refractivity contribution is 5.09. The molecule has 6 nitrogen and oxygen atoms in total. The van der Waals surface area contributed by atoms with E-state index >= 15 is 0 Å². The van der Waals surface area contributed by atoms with Crippen LogP contribution in [0.3, 0.4) is 0 Å². The molecular weight excluding hydrogens is 312 g/mol.